The Bertz CT molecular complexity index is 1290. The quantitative estimate of drug-likeness (QED) is 0.294. The number of alkyl halides is 3. The van der Waals surface area contributed by atoms with Crippen LogP contribution >= 0.6 is 0 Å². The van der Waals surface area contributed by atoms with E-state index < -0.39 is 11.7 Å². The van der Waals surface area contributed by atoms with Gasteiger partial charge in [0.05, 0.1) is 5.56 Å². The molecule has 2 radical (unpaired) electrons. The van der Waals surface area contributed by atoms with Crippen LogP contribution in [0.5, 0.6) is 0 Å². The number of hydrogen-bond donors (Lipinski definition) is 2. The fraction of sp³-hybridized carbons (Fsp3) is 0.621. The zero-order chi connectivity index (χ0) is 27.7. The second-order valence-electron chi connectivity index (χ2n) is 11.7. The van der Waals surface area contributed by atoms with Gasteiger partial charge in [-0.25, -0.2) is 0 Å². The molecule has 40 heavy (non-hydrogen) atoms. The van der Waals surface area contributed by atoms with Crippen LogP contribution in [0.3, 0.4) is 0 Å². The number of nitrogens with one attached hydrogen (secondary N) is 2. The summed E-state index contributed by atoms with van der Waals surface area (Å²) >= 11 is 2.79. The van der Waals surface area contributed by atoms with Crippen LogP contribution in [0, 0.1) is 5.92 Å². The fourth-order valence-corrected chi connectivity index (χ4v) is 7.22. The summed E-state index contributed by atoms with van der Waals surface area (Å²) in [5.41, 5.74) is 5.04. The number of anilines is 2. The second kappa shape index (κ2) is 11.9. The molecule has 0 unspecified atom stereocenters. The van der Waals surface area contributed by atoms with Crippen molar-refractivity contribution in [1.29, 1.82) is 0 Å². The summed E-state index contributed by atoms with van der Waals surface area (Å²) < 4.78 is 43.4. The fourth-order valence-electron chi connectivity index (χ4n) is 6.60. The third-order valence-electron chi connectivity index (χ3n) is 8.88. The van der Waals surface area contributed by atoms with E-state index in [1.807, 2.05) is 6.33 Å². The average Bonchev–Trinajstić information content (AvgIpc) is 3.61. The van der Waals surface area contributed by atoms with Gasteiger partial charge in [0, 0.05) is 0 Å². The van der Waals surface area contributed by atoms with Crippen molar-refractivity contribution in [2.24, 2.45) is 5.92 Å². The predicted molar refractivity (Wildman–Crippen MR) is 151 cm³/mol. The van der Waals surface area contributed by atoms with E-state index in [0.717, 1.165) is 62.8 Å². The van der Waals surface area contributed by atoms with Crippen molar-refractivity contribution in [2.75, 3.05) is 23.8 Å². The average molecular weight is 616 g/mol. The van der Waals surface area contributed by atoms with Crippen molar-refractivity contribution in [3.05, 3.63) is 41.7 Å². The van der Waals surface area contributed by atoms with Gasteiger partial charge in [-0.05, 0) is 24.0 Å². The Balaban J connectivity index is 1.17. The monoisotopic (exact) mass is 615 g/mol. The number of hydrazine groups is 1. The Morgan fingerprint density at radius 3 is 2.38 bits per heavy atom. The summed E-state index contributed by atoms with van der Waals surface area (Å²) in [5.74, 6) is 1.55. The molecule has 2 saturated carbocycles. The van der Waals surface area contributed by atoms with Crippen LogP contribution in [-0.2, 0) is 12.6 Å². The van der Waals surface area contributed by atoms with E-state index in [9.17, 15) is 13.2 Å². The molecule has 0 atom stereocenters. The molecular formula is C29H37AsF3N7. The molecule has 214 valence electrons. The Kier molecular flexibility index (Phi) is 8.27. The molecule has 3 fully saturated rings. The van der Waals surface area contributed by atoms with E-state index in [4.69, 9.17) is 15.0 Å². The van der Waals surface area contributed by atoms with Crippen LogP contribution in [-0.4, -0.2) is 60.5 Å². The molecule has 6 rings (SSSR count). The van der Waals surface area contributed by atoms with Crippen molar-refractivity contribution in [3.63, 3.8) is 0 Å². The molecule has 0 bridgehead atoms. The van der Waals surface area contributed by atoms with Crippen LogP contribution in [0.2, 0.25) is 4.71 Å². The first-order chi connectivity index (χ1) is 19.3. The van der Waals surface area contributed by atoms with Crippen molar-refractivity contribution in [3.8, 4) is 0 Å². The molecule has 2 aliphatic carbocycles. The van der Waals surface area contributed by atoms with Crippen molar-refractivity contribution < 1.29 is 13.2 Å². The van der Waals surface area contributed by atoms with Gasteiger partial charge < -0.3 is 0 Å². The molecule has 3 heterocycles. The molecule has 2 N–H and O–H groups in total. The van der Waals surface area contributed by atoms with E-state index in [1.54, 1.807) is 12.1 Å². The molecule has 11 heteroatoms. The van der Waals surface area contributed by atoms with Gasteiger partial charge in [0.15, 0.2) is 0 Å². The van der Waals surface area contributed by atoms with Gasteiger partial charge in [-0.2, -0.15) is 13.2 Å². The number of piperidine rings is 1. The predicted octanol–water partition coefficient (Wildman–Crippen LogP) is 6.55. The first kappa shape index (κ1) is 27.8. The number of fused-ring (bicyclic) bond motifs is 1. The molecule has 0 amide bonds. The molecule has 3 aromatic rings. The zero-order valence-electron chi connectivity index (χ0n) is 22.7. The molecule has 3 aliphatic rings. The second-order valence-corrected chi connectivity index (χ2v) is 13.2. The van der Waals surface area contributed by atoms with Crippen LogP contribution in [0.4, 0.5) is 24.9 Å². The van der Waals surface area contributed by atoms with Gasteiger partial charge in [-0.3, -0.25) is 0 Å². The van der Waals surface area contributed by atoms with Crippen LogP contribution in [0.25, 0.3) is 11.2 Å². The molecule has 1 aliphatic heterocycles. The first-order valence-corrected chi connectivity index (χ1v) is 15.8. The summed E-state index contributed by atoms with van der Waals surface area (Å²) in [4.78, 5) is 14.6. The molecule has 1 aromatic carbocycles. The molecule has 1 saturated heterocycles. The molecule has 2 aromatic heterocycles. The van der Waals surface area contributed by atoms with E-state index in [-0.39, 0.29) is 5.92 Å². The maximum absolute atomic E-state index is 13.5. The maximum atomic E-state index is 13.5. The van der Waals surface area contributed by atoms with Crippen molar-refractivity contribution >= 4 is 39.8 Å². The topological polar surface area (TPSA) is 70.9 Å². The number of hydrogen-bond acceptors (Lipinski definition) is 6. The minimum atomic E-state index is -4.32. The third kappa shape index (κ3) is 6.28. The van der Waals surface area contributed by atoms with Gasteiger partial charge in [-0.15, -0.1) is 0 Å². The summed E-state index contributed by atoms with van der Waals surface area (Å²) in [7, 11) is 0. The van der Waals surface area contributed by atoms with E-state index in [1.165, 1.54) is 37.8 Å². The third-order valence-corrected chi connectivity index (χ3v) is 9.96. The van der Waals surface area contributed by atoms with Gasteiger partial charge in [0.2, 0.25) is 0 Å². The molecular weight excluding hydrogens is 578 g/mol. The van der Waals surface area contributed by atoms with Crippen molar-refractivity contribution in [1.82, 2.24) is 24.5 Å². The number of imidazole rings is 1. The standard InChI is InChI=1S/C29H37AsF3N7/c30-21-9-11-22(12-10-21)35-28-36-26(25-27(37-28)40(18-34-25)23-6-2-3-7-23)38-39-15-13-19(14-16-39)17-20-5-1-4-8-24(20)29(31,32)33/h1,4-5,8,18-19,21-23H,2-3,6-7,9-17H2,(H2,35,36,37,38). The van der Waals surface area contributed by atoms with Crippen LogP contribution < -0.4 is 10.7 Å². The number of rotatable bonds is 7. The van der Waals surface area contributed by atoms with Gasteiger partial charge in [-0.1, -0.05) is 18.2 Å². The summed E-state index contributed by atoms with van der Waals surface area (Å²) in [6.07, 6.45) is 9.00. The van der Waals surface area contributed by atoms with Gasteiger partial charge in [0.25, 0.3) is 0 Å². The van der Waals surface area contributed by atoms with Crippen molar-refractivity contribution in [2.45, 2.75) is 93.6 Å². The summed E-state index contributed by atoms with van der Waals surface area (Å²) in [5, 5.41) is 5.74. The Hall–Kier alpha value is -2.32. The van der Waals surface area contributed by atoms with E-state index in [2.05, 4.69) is 37.2 Å². The number of nitrogens with zero attached hydrogens (tertiary/aromatic N) is 5. The zero-order valence-corrected chi connectivity index (χ0v) is 24.6. The van der Waals surface area contributed by atoms with E-state index >= 15 is 0 Å². The Morgan fingerprint density at radius 1 is 0.925 bits per heavy atom. The SMILES string of the molecule is FC(F)(F)c1ccccc1CC1CCN(Nc2nc(NC3CCC([As])CC3)nc3c2ncn3C2CCCC2)CC1. The first-order valence-electron chi connectivity index (χ1n) is 14.7. The molecule has 7 nitrogen and oxygen atoms in total. The minimum absolute atomic E-state index is 0.207. The van der Waals surface area contributed by atoms with Gasteiger partial charge in [0.1, 0.15) is 0 Å². The summed E-state index contributed by atoms with van der Waals surface area (Å²) in [6, 6.07) is 6.76. The number of aromatic nitrogens is 4. The van der Waals surface area contributed by atoms with Crippen LogP contribution in [0.15, 0.2) is 30.6 Å². The number of benzene rings is 1. The van der Waals surface area contributed by atoms with Crippen LogP contribution in [0.1, 0.15) is 81.4 Å². The summed E-state index contributed by atoms with van der Waals surface area (Å²) in [6.45, 7) is 1.46. The van der Waals surface area contributed by atoms with E-state index in [0.29, 0.717) is 40.5 Å². The Labute approximate surface area is 242 Å². The van der Waals surface area contributed by atoms with Gasteiger partial charge >= 0.3 is 182 Å². The Morgan fingerprint density at radius 2 is 1.65 bits per heavy atom. The number of halogens is 3. The normalized spacial score (nSPS) is 23.6. The molecule has 0 spiro atoms.